The Bertz CT molecular complexity index is 611. The third kappa shape index (κ3) is 3.14. The van der Waals surface area contributed by atoms with Crippen molar-refractivity contribution in [2.45, 2.75) is 19.4 Å². The molecule has 2 aromatic rings. The molecule has 20 heavy (non-hydrogen) atoms. The summed E-state index contributed by atoms with van der Waals surface area (Å²) in [5, 5.41) is 10.2. The Kier molecular flexibility index (Phi) is 4.35. The number of hydrogen-bond donors (Lipinski definition) is 1. The summed E-state index contributed by atoms with van der Waals surface area (Å²) < 4.78 is 31.5. The molecule has 2 aromatic carbocycles. The molecule has 0 heterocycles. The van der Waals surface area contributed by atoms with Crippen LogP contribution in [0.2, 0.25) is 0 Å². The van der Waals surface area contributed by atoms with Gasteiger partial charge in [0, 0.05) is 12.5 Å². The van der Waals surface area contributed by atoms with E-state index in [1.54, 1.807) is 25.3 Å². The predicted octanol–water partition coefficient (Wildman–Crippen LogP) is 3.56. The highest BCUT2D eigenvalue weighted by Gasteiger charge is 2.13. The number of halogens is 2. The van der Waals surface area contributed by atoms with Gasteiger partial charge >= 0.3 is 0 Å². The third-order valence-corrected chi connectivity index (χ3v) is 3.23. The van der Waals surface area contributed by atoms with Crippen LogP contribution in [-0.4, -0.2) is 12.2 Å². The van der Waals surface area contributed by atoms with Gasteiger partial charge in [-0.3, -0.25) is 0 Å². The normalized spacial score (nSPS) is 12.2. The van der Waals surface area contributed by atoms with E-state index in [2.05, 4.69) is 0 Å². The largest absolute Gasteiger partial charge is 0.496 e. The molecule has 0 fully saturated rings. The van der Waals surface area contributed by atoms with Crippen molar-refractivity contribution >= 4 is 0 Å². The van der Waals surface area contributed by atoms with Crippen LogP contribution in [0, 0.1) is 18.6 Å². The lowest BCUT2D eigenvalue weighted by molar-refractivity contribution is 0.177. The molecular formula is C16H16F2O2. The number of ether oxygens (including phenoxy) is 1. The first-order chi connectivity index (χ1) is 9.51. The first-order valence-corrected chi connectivity index (χ1v) is 6.28. The predicted molar refractivity (Wildman–Crippen MR) is 72.8 cm³/mol. The standard InChI is InChI=1S/C16H16F2O2/c1-10-7-12(4-6-16(10)20-2)15(19)8-11-3-5-13(17)9-14(11)18/h3-7,9,15,19H,8H2,1-2H3. The van der Waals surface area contributed by atoms with Gasteiger partial charge in [0.2, 0.25) is 0 Å². The summed E-state index contributed by atoms with van der Waals surface area (Å²) in [5.41, 5.74) is 1.85. The van der Waals surface area contributed by atoms with E-state index in [-0.39, 0.29) is 12.0 Å². The maximum absolute atomic E-state index is 13.6. The molecule has 1 N–H and O–H groups in total. The molecule has 2 rings (SSSR count). The monoisotopic (exact) mass is 278 g/mol. The summed E-state index contributed by atoms with van der Waals surface area (Å²) >= 11 is 0. The molecule has 0 aromatic heterocycles. The van der Waals surface area contributed by atoms with Gasteiger partial charge in [-0.05, 0) is 41.8 Å². The van der Waals surface area contributed by atoms with Crippen LogP contribution in [0.25, 0.3) is 0 Å². The van der Waals surface area contributed by atoms with Gasteiger partial charge in [-0.1, -0.05) is 12.1 Å². The average molecular weight is 278 g/mol. The van der Waals surface area contributed by atoms with E-state index in [0.29, 0.717) is 5.56 Å². The molecule has 0 aliphatic rings. The van der Waals surface area contributed by atoms with E-state index >= 15 is 0 Å². The SMILES string of the molecule is COc1ccc(C(O)Cc2ccc(F)cc2F)cc1C. The summed E-state index contributed by atoms with van der Waals surface area (Å²) in [4.78, 5) is 0. The topological polar surface area (TPSA) is 29.5 Å². The number of aliphatic hydroxyl groups excluding tert-OH is 1. The molecule has 0 amide bonds. The minimum atomic E-state index is -0.848. The molecule has 0 saturated heterocycles. The molecule has 0 saturated carbocycles. The Morgan fingerprint density at radius 2 is 1.90 bits per heavy atom. The zero-order valence-electron chi connectivity index (χ0n) is 11.4. The van der Waals surface area contributed by atoms with Crippen molar-refractivity contribution in [3.8, 4) is 5.75 Å². The van der Waals surface area contributed by atoms with Crippen molar-refractivity contribution in [2.75, 3.05) is 7.11 Å². The highest BCUT2D eigenvalue weighted by molar-refractivity contribution is 5.37. The lowest BCUT2D eigenvalue weighted by Gasteiger charge is -2.14. The molecule has 0 bridgehead atoms. The van der Waals surface area contributed by atoms with Gasteiger partial charge in [0.1, 0.15) is 17.4 Å². The van der Waals surface area contributed by atoms with Crippen LogP contribution < -0.4 is 4.74 Å². The molecular weight excluding hydrogens is 262 g/mol. The highest BCUT2D eigenvalue weighted by atomic mass is 19.1. The number of rotatable bonds is 4. The molecule has 4 heteroatoms. The summed E-state index contributed by atoms with van der Waals surface area (Å²) in [7, 11) is 1.58. The minimum absolute atomic E-state index is 0.0951. The zero-order chi connectivity index (χ0) is 14.7. The Balaban J connectivity index is 2.19. The van der Waals surface area contributed by atoms with Crippen molar-refractivity contribution in [1.82, 2.24) is 0 Å². The molecule has 0 spiro atoms. The van der Waals surface area contributed by atoms with Gasteiger partial charge in [-0.2, -0.15) is 0 Å². The smallest absolute Gasteiger partial charge is 0.129 e. The van der Waals surface area contributed by atoms with Crippen molar-refractivity contribution in [2.24, 2.45) is 0 Å². The summed E-state index contributed by atoms with van der Waals surface area (Å²) in [6.07, 6.45) is -0.753. The average Bonchev–Trinajstić information content (AvgIpc) is 2.41. The maximum atomic E-state index is 13.6. The van der Waals surface area contributed by atoms with Crippen LogP contribution in [0.4, 0.5) is 8.78 Å². The van der Waals surface area contributed by atoms with E-state index in [1.165, 1.54) is 12.1 Å². The summed E-state index contributed by atoms with van der Waals surface area (Å²) in [6.45, 7) is 1.87. The third-order valence-electron chi connectivity index (χ3n) is 3.23. The van der Waals surface area contributed by atoms with E-state index in [0.717, 1.165) is 17.4 Å². The zero-order valence-corrected chi connectivity index (χ0v) is 11.4. The van der Waals surface area contributed by atoms with Crippen molar-refractivity contribution in [3.05, 3.63) is 64.7 Å². The van der Waals surface area contributed by atoms with Crippen molar-refractivity contribution in [1.29, 1.82) is 0 Å². The Labute approximate surface area is 116 Å². The molecule has 2 nitrogen and oxygen atoms in total. The van der Waals surface area contributed by atoms with Gasteiger partial charge in [0.15, 0.2) is 0 Å². The van der Waals surface area contributed by atoms with Crippen LogP contribution in [-0.2, 0) is 6.42 Å². The first kappa shape index (κ1) is 14.5. The summed E-state index contributed by atoms with van der Waals surface area (Å²) in [6, 6.07) is 8.65. The second-order valence-corrected chi connectivity index (χ2v) is 4.68. The Morgan fingerprint density at radius 3 is 2.50 bits per heavy atom. The maximum Gasteiger partial charge on any atom is 0.129 e. The van der Waals surface area contributed by atoms with E-state index < -0.39 is 17.7 Å². The van der Waals surface area contributed by atoms with E-state index in [4.69, 9.17) is 4.74 Å². The Hall–Kier alpha value is -1.94. The number of aliphatic hydroxyl groups is 1. The second kappa shape index (κ2) is 6.01. The molecule has 0 radical (unpaired) electrons. The fourth-order valence-electron chi connectivity index (χ4n) is 2.12. The van der Waals surface area contributed by atoms with Gasteiger partial charge in [-0.15, -0.1) is 0 Å². The van der Waals surface area contributed by atoms with Gasteiger partial charge < -0.3 is 9.84 Å². The molecule has 1 unspecified atom stereocenters. The minimum Gasteiger partial charge on any atom is -0.496 e. The number of aryl methyl sites for hydroxylation is 1. The van der Waals surface area contributed by atoms with Crippen LogP contribution >= 0.6 is 0 Å². The van der Waals surface area contributed by atoms with Gasteiger partial charge in [0.25, 0.3) is 0 Å². The molecule has 0 aliphatic carbocycles. The number of methoxy groups -OCH3 is 1. The fourth-order valence-corrected chi connectivity index (χ4v) is 2.12. The number of hydrogen-bond acceptors (Lipinski definition) is 2. The lowest BCUT2D eigenvalue weighted by Crippen LogP contribution is -2.04. The van der Waals surface area contributed by atoms with Crippen LogP contribution in [0.5, 0.6) is 5.75 Å². The molecule has 0 aliphatic heterocycles. The molecule has 1 atom stereocenters. The number of benzene rings is 2. The highest BCUT2D eigenvalue weighted by Crippen LogP contribution is 2.25. The van der Waals surface area contributed by atoms with Gasteiger partial charge in [0.05, 0.1) is 13.2 Å². The molecule has 106 valence electrons. The van der Waals surface area contributed by atoms with E-state index in [1.807, 2.05) is 6.92 Å². The Morgan fingerprint density at radius 1 is 1.15 bits per heavy atom. The van der Waals surface area contributed by atoms with Crippen molar-refractivity contribution < 1.29 is 18.6 Å². The second-order valence-electron chi connectivity index (χ2n) is 4.68. The van der Waals surface area contributed by atoms with E-state index in [9.17, 15) is 13.9 Å². The van der Waals surface area contributed by atoms with Crippen LogP contribution in [0.3, 0.4) is 0 Å². The quantitative estimate of drug-likeness (QED) is 0.926. The van der Waals surface area contributed by atoms with Crippen LogP contribution in [0.15, 0.2) is 36.4 Å². The fraction of sp³-hybridized carbons (Fsp3) is 0.250. The lowest BCUT2D eigenvalue weighted by atomic mass is 9.99. The van der Waals surface area contributed by atoms with Gasteiger partial charge in [-0.25, -0.2) is 8.78 Å². The van der Waals surface area contributed by atoms with Crippen LogP contribution in [0.1, 0.15) is 22.8 Å². The summed E-state index contributed by atoms with van der Waals surface area (Å²) in [5.74, 6) is -0.538. The first-order valence-electron chi connectivity index (χ1n) is 6.28. The van der Waals surface area contributed by atoms with Crippen molar-refractivity contribution in [3.63, 3.8) is 0 Å².